The van der Waals surface area contributed by atoms with E-state index < -0.39 is 24.4 Å². The van der Waals surface area contributed by atoms with Gasteiger partial charge in [-0.3, -0.25) is 14.4 Å². The predicted octanol–water partition coefficient (Wildman–Crippen LogP) is 3.61. The number of nitrogens with one attached hydrogen (secondary N) is 1. The first-order valence-electron chi connectivity index (χ1n) is 9.46. The molecule has 0 radical (unpaired) electrons. The lowest BCUT2D eigenvalue weighted by molar-refractivity contribution is -0.151. The third-order valence-corrected chi connectivity index (χ3v) is 5.82. The quantitative estimate of drug-likeness (QED) is 0.646. The summed E-state index contributed by atoms with van der Waals surface area (Å²) in [5, 5.41) is 2.75. The Kier molecular flexibility index (Phi) is 6.77. The molecule has 3 rings (SSSR count). The summed E-state index contributed by atoms with van der Waals surface area (Å²) in [6, 6.07) is 10.8. The van der Waals surface area contributed by atoms with Gasteiger partial charge in [0.05, 0.1) is 13.0 Å². The zero-order valence-electron chi connectivity index (χ0n) is 17.0. The average molecular weight is 475 g/mol. The fourth-order valence-corrected chi connectivity index (χ4v) is 3.69. The van der Waals surface area contributed by atoms with Crippen molar-refractivity contribution in [1.82, 2.24) is 0 Å². The van der Waals surface area contributed by atoms with E-state index in [0.717, 1.165) is 15.6 Å². The Hall–Kier alpha value is -2.87. The predicted molar refractivity (Wildman–Crippen MR) is 117 cm³/mol. The largest absolute Gasteiger partial charge is 0.497 e. The Bertz CT molecular complexity index is 974. The van der Waals surface area contributed by atoms with Gasteiger partial charge in [0.15, 0.2) is 6.61 Å². The minimum absolute atomic E-state index is 0.0531. The molecule has 2 aromatic rings. The molecule has 1 N–H and O–H groups in total. The van der Waals surface area contributed by atoms with E-state index in [-0.39, 0.29) is 18.9 Å². The van der Waals surface area contributed by atoms with E-state index in [2.05, 4.69) is 21.2 Å². The molecule has 0 spiro atoms. The highest BCUT2D eigenvalue weighted by molar-refractivity contribution is 9.10. The van der Waals surface area contributed by atoms with Crippen LogP contribution in [0.5, 0.6) is 5.75 Å². The molecule has 0 bridgehead atoms. The molecule has 2 aromatic carbocycles. The van der Waals surface area contributed by atoms with E-state index in [9.17, 15) is 14.4 Å². The molecule has 158 valence electrons. The number of hydrogen-bond donors (Lipinski definition) is 1. The van der Waals surface area contributed by atoms with Gasteiger partial charge in [0.1, 0.15) is 5.75 Å². The molecular weight excluding hydrogens is 452 g/mol. The maximum atomic E-state index is 12.4. The molecular formula is C22H23BrN2O5. The van der Waals surface area contributed by atoms with Crippen molar-refractivity contribution in [1.29, 1.82) is 0 Å². The third kappa shape index (κ3) is 4.99. The number of esters is 1. The van der Waals surface area contributed by atoms with Gasteiger partial charge in [-0.05, 0) is 61.4 Å². The van der Waals surface area contributed by atoms with Crippen molar-refractivity contribution in [3.05, 3.63) is 52.0 Å². The van der Waals surface area contributed by atoms with Gasteiger partial charge in [-0.25, -0.2) is 0 Å². The molecule has 0 aromatic heterocycles. The second-order valence-corrected chi connectivity index (χ2v) is 8.03. The number of nitrogens with zero attached hydrogens (tertiary/aromatic N) is 1. The van der Waals surface area contributed by atoms with Crippen LogP contribution in [0.2, 0.25) is 0 Å². The second-order valence-electron chi connectivity index (χ2n) is 7.18. The van der Waals surface area contributed by atoms with Crippen molar-refractivity contribution in [2.45, 2.75) is 20.3 Å². The number of anilines is 2. The number of methoxy groups -OCH3 is 1. The van der Waals surface area contributed by atoms with Crippen LogP contribution in [0.15, 0.2) is 40.9 Å². The van der Waals surface area contributed by atoms with E-state index in [1.165, 1.54) is 0 Å². The summed E-state index contributed by atoms with van der Waals surface area (Å²) in [5.41, 5.74) is 3.23. The lowest BCUT2D eigenvalue weighted by Gasteiger charge is -2.17. The molecule has 2 amide bonds. The van der Waals surface area contributed by atoms with Crippen LogP contribution in [-0.4, -0.2) is 38.0 Å². The molecule has 1 aliphatic heterocycles. The number of halogens is 1. The summed E-state index contributed by atoms with van der Waals surface area (Å²) < 4.78 is 11.2. The zero-order chi connectivity index (χ0) is 21.8. The van der Waals surface area contributed by atoms with Gasteiger partial charge >= 0.3 is 5.97 Å². The highest BCUT2D eigenvalue weighted by atomic mass is 79.9. The first kappa shape index (κ1) is 21.8. The fourth-order valence-electron chi connectivity index (χ4n) is 3.23. The smallest absolute Gasteiger partial charge is 0.311 e. The van der Waals surface area contributed by atoms with Gasteiger partial charge in [0.2, 0.25) is 5.91 Å². The van der Waals surface area contributed by atoms with Crippen LogP contribution < -0.4 is 15.0 Å². The Morgan fingerprint density at radius 3 is 2.53 bits per heavy atom. The van der Waals surface area contributed by atoms with Crippen molar-refractivity contribution in [2.75, 3.05) is 30.5 Å². The van der Waals surface area contributed by atoms with Crippen molar-refractivity contribution in [3.63, 3.8) is 0 Å². The summed E-state index contributed by atoms with van der Waals surface area (Å²) in [6.07, 6.45) is 0.0531. The van der Waals surface area contributed by atoms with E-state index in [4.69, 9.17) is 9.47 Å². The monoisotopic (exact) mass is 474 g/mol. The minimum atomic E-state index is -0.607. The SMILES string of the molecule is COc1ccc(N2C[C@@H](C(=O)OCC(=O)Nc3cc(C)c(Br)cc3C)CC2=O)cc1. The van der Waals surface area contributed by atoms with E-state index in [1.807, 2.05) is 26.0 Å². The number of ether oxygens (including phenoxy) is 2. The Morgan fingerprint density at radius 2 is 1.87 bits per heavy atom. The highest BCUT2D eigenvalue weighted by Gasteiger charge is 2.36. The van der Waals surface area contributed by atoms with Gasteiger partial charge in [0, 0.05) is 28.8 Å². The van der Waals surface area contributed by atoms with Gasteiger partial charge in [-0.15, -0.1) is 0 Å². The zero-order valence-corrected chi connectivity index (χ0v) is 18.6. The van der Waals surface area contributed by atoms with Crippen molar-refractivity contribution in [2.24, 2.45) is 5.92 Å². The van der Waals surface area contributed by atoms with Crippen molar-refractivity contribution in [3.8, 4) is 5.75 Å². The molecule has 0 saturated carbocycles. The van der Waals surface area contributed by atoms with Gasteiger partial charge in [-0.1, -0.05) is 15.9 Å². The number of aryl methyl sites for hydroxylation is 2. The van der Waals surface area contributed by atoms with Crippen LogP contribution in [-0.2, 0) is 19.1 Å². The molecule has 0 aliphatic carbocycles. The lowest BCUT2D eigenvalue weighted by atomic mass is 10.1. The van der Waals surface area contributed by atoms with Crippen molar-refractivity contribution >= 4 is 45.1 Å². The van der Waals surface area contributed by atoms with E-state index >= 15 is 0 Å². The topological polar surface area (TPSA) is 84.9 Å². The standard InChI is InChI=1S/C22H23BrN2O5/c1-13-9-19(14(2)8-18(13)23)24-20(26)12-30-22(28)15-10-21(27)25(11-15)16-4-6-17(29-3)7-5-16/h4-9,15H,10-12H2,1-3H3,(H,24,26)/t15-/m0/s1. The van der Waals surface area contributed by atoms with Crippen LogP contribution in [0.1, 0.15) is 17.5 Å². The van der Waals surface area contributed by atoms with Gasteiger partial charge < -0.3 is 19.7 Å². The Morgan fingerprint density at radius 1 is 1.17 bits per heavy atom. The molecule has 1 atom stereocenters. The minimum Gasteiger partial charge on any atom is -0.497 e. The van der Waals surface area contributed by atoms with Gasteiger partial charge in [0.25, 0.3) is 5.91 Å². The molecule has 1 fully saturated rings. The second kappa shape index (κ2) is 9.30. The fraction of sp³-hybridized carbons (Fsp3) is 0.318. The summed E-state index contributed by atoms with van der Waals surface area (Å²) in [4.78, 5) is 38.5. The maximum absolute atomic E-state index is 12.4. The average Bonchev–Trinajstić information content (AvgIpc) is 3.12. The number of benzene rings is 2. The van der Waals surface area contributed by atoms with Crippen LogP contribution >= 0.6 is 15.9 Å². The molecule has 0 unspecified atom stereocenters. The molecule has 1 aliphatic rings. The summed E-state index contributed by atoms with van der Waals surface area (Å²) in [6.45, 7) is 3.62. The van der Waals surface area contributed by atoms with Crippen LogP contribution in [0.25, 0.3) is 0 Å². The number of carbonyl (C=O) groups excluding carboxylic acids is 3. The number of rotatable bonds is 6. The Labute approximate surface area is 183 Å². The summed E-state index contributed by atoms with van der Waals surface area (Å²) in [5.74, 6) is -1.07. The molecule has 1 saturated heterocycles. The number of amides is 2. The maximum Gasteiger partial charge on any atom is 0.311 e. The molecule has 7 nitrogen and oxygen atoms in total. The number of hydrogen-bond acceptors (Lipinski definition) is 5. The Balaban J connectivity index is 1.54. The van der Waals surface area contributed by atoms with Crippen LogP contribution in [0.4, 0.5) is 11.4 Å². The molecule has 1 heterocycles. The molecule has 30 heavy (non-hydrogen) atoms. The number of carbonyl (C=O) groups is 3. The van der Waals surface area contributed by atoms with Crippen LogP contribution in [0.3, 0.4) is 0 Å². The van der Waals surface area contributed by atoms with Crippen molar-refractivity contribution < 1.29 is 23.9 Å². The van der Waals surface area contributed by atoms with E-state index in [0.29, 0.717) is 17.1 Å². The van der Waals surface area contributed by atoms with Gasteiger partial charge in [-0.2, -0.15) is 0 Å². The van der Waals surface area contributed by atoms with Crippen LogP contribution in [0, 0.1) is 19.8 Å². The first-order chi connectivity index (χ1) is 14.3. The highest BCUT2D eigenvalue weighted by Crippen LogP contribution is 2.28. The summed E-state index contributed by atoms with van der Waals surface area (Å²) in [7, 11) is 1.57. The first-order valence-corrected chi connectivity index (χ1v) is 10.3. The normalized spacial score (nSPS) is 15.8. The lowest BCUT2D eigenvalue weighted by Crippen LogP contribution is -2.28. The third-order valence-electron chi connectivity index (χ3n) is 4.97. The summed E-state index contributed by atoms with van der Waals surface area (Å²) >= 11 is 3.45. The molecule has 8 heteroatoms. The van der Waals surface area contributed by atoms with E-state index in [1.54, 1.807) is 36.3 Å².